The Bertz CT molecular complexity index is 4830. The molecular formula is C94H106BrF4N7O6S2. The SMILES string of the molecule is COC1CCC2(CC1)Cc1ccc(CCC3CC3)cc1C21N=C(N)N(Cc2cccc(F)c2)C1=O.COC1CCC2(CC1)Cc1ccc(CCC3CC3)cc1C21N=C(SCc2cccc(F)c2)N(Cc2cccc(F)c2)C1=O.COC1CCC2(CC1)Cc1ccc(CCC3CC3)cc1C21NC(=S)NC1=O.Fc1cccc(CBr)c1. The second-order valence-corrected chi connectivity index (χ2v) is 36.7. The number of amides is 3. The zero-order valence-corrected chi connectivity index (χ0v) is 69.1. The Morgan fingerprint density at radius 2 is 0.851 bits per heavy atom. The third-order valence-electron chi connectivity index (χ3n) is 27.7. The van der Waals surface area contributed by atoms with E-state index in [9.17, 15) is 27.2 Å². The highest BCUT2D eigenvalue weighted by molar-refractivity contribution is 9.08. The summed E-state index contributed by atoms with van der Waals surface area (Å²) in [5, 5.41) is 8.20. The number of carbonyl (C=O) groups excluding carboxylic acids is 3. The Balaban J connectivity index is 0.000000124. The summed E-state index contributed by atoms with van der Waals surface area (Å²) in [5.41, 5.74) is 17.1. The number of nitrogens with two attached hydrogens (primary N) is 1. The lowest BCUT2D eigenvalue weighted by Crippen LogP contribution is -2.56. The summed E-state index contributed by atoms with van der Waals surface area (Å²) >= 11 is 10.1. The second-order valence-electron chi connectivity index (χ2n) is 34.8. The molecule has 6 saturated carbocycles. The molecule has 7 aromatic carbocycles. The fraction of sp³-hybridized carbons (Fsp3) is 0.489. The van der Waals surface area contributed by atoms with E-state index in [1.807, 2.05) is 24.3 Å². The predicted octanol–water partition coefficient (Wildman–Crippen LogP) is 18.9. The number of hydrogen-bond donors (Lipinski definition) is 3. The van der Waals surface area contributed by atoms with Crippen molar-refractivity contribution < 1.29 is 46.2 Å². The molecule has 19 rings (SSSR count). The number of alkyl halides is 1. The van der Waals surface area contributed by atoms with Crippen molar-refractivity contribution in [3.63, 3.8) is 0 Å². The number of methoxy groups -OCH3 is 3. The van der Waals surface area contributed by atoms with E-state index in [1.54, 1.807) is 55.4 Å². The number of amidine groups is 1. The normalized spacial score (nSPS) is 28.1. The van der Waals surface area contributed by atoms with Crippen LogP contribution >= 0.6 is 39.9 Å². The number of halogens is 5. The van der Waals surface area contributed by atoms with E-state index < -0.39 is 16.6 Å². The Labute approximate surface area is 686 Å². The molecule has 9 aliphatic carbocycles. The van der Waals surface area contributed by atoms with Crippen LogP contribution in [0.15, 0.2) is 162 Å². The van der Waals surface area contributed by atoms with Gasteiger partial charge in [0.25, 0.3) is 17.7 Å². The number of fused-ring (bicyclic) bond motifs is 9. The maximum Gasteiger partial charge on any atom is 0.262 e. The van der Waals surface area contributed by atoms with Gasteiger partial charge in [0.2, 0.25) is 0 Å². The molecule has 20 heteroatoms. The highest BCUT2D eigenvalue weighted by Gasteiger charge is 2.69. The Morgan fingerprint density at radius 3 is 1.26 bits per heavy atom. The van der Waals surface area contributed by atoms with Crippen molar-refractivity contribution in [2.24, 2.45) is 49.7 Å². The number of aliphatic imine (C=N–C) groups is 2. The monoisotopic (exact) mass is 1650 g/mol. The number of hydrogen-bond acceptors (Lipinski definition) is 11. The number of benzene rings is 7. The van der Waals surface area contributed by atoms with Gasteiger partial charge in [0.05, 0.1) is 31.4 Å². The van der Waals surface area contributed by atoms with Crippen LogP contribution in [0.2, 0.25) is 0 Å². The van der Waals surface area contributed by atoms with E-state index in [1.165, 1.54) is 157 Å². The van der Waals surface area contributed by atoms with Gasteiger partial charge in [-0.05, 0) is 286 Å². The molecule has 3 heterocycles. The van der Waals surface area contributed by atoms with Crippen LogP contribution in [0.25, 0.3) is 0 Å². The molecule has 1 saturated heterocycles. The molecule has 0 bridgehead atoms. The molecule has 13 nitrogen and oxygen atoms in total. The molecule has 12 aliphatic rings. The average Bonchev–Trinajstić information content (AvgIpc) is 1.53. The lowest BCUT2D eigenvalue weighted by molar-refractivity contribution is -0.139. The zero-order valence-electron chi connectivity index (χ0n) is 65.8. The maximum atomic E-state index is 15.1. The number of thioether (sulfide) groups is 1. The van der Waals surface area contributed by atoms with E-state index in [0.717, 1.165) is 161 Å². The summed E-state index contributed by atoms with van der Waals surface area (Å²) < 4.78 is 71.6. The van der Waals surface area contributed by atoms with Crippen molar-refractivity contribution in [2.45, 2.75) is 232 Å². The van der Waals surface area contributed by atoms with Gasteiger partial charge in [-0.3, -0.25) is 24.2 Å². The highest BCUT2D eigenvalue weighted by Crippen LogP contribution is 2.65. The first-order chi connectivity index (χ1) is 55.2. The van der Waals surface area contributed by atoms with Crippen molar-refractivity contribution in [3.8, 4) is 0 Å². The van der Waals surface area contributed by atoms with E-state index in [-0.39, 0.29) is 88.5 Å². The molecule has 7 aromatic rings. The number of guanidine groups is 1. The number of ether oxygens (including phenoxy) is 3. The topological polar surface area (TPSA) is 160 Å². The molecule has 4 N–H and O–H groups in total. The van der Waals surface area contributed by atoms with Crippen molar-refractivity contribution in [2.75, 3.05) is 21.3 Å². The molecule has 6 spiro atoms. The van der Waals surface area contributed by atoms with Crippen LogP contribution in [0.4, 0.5) is 17.6 Å². The standard InChI is InChI=1S/C36H38F2N2O2S.C29H34FN3O2.C22H28N2O2S.C7H6BrF/c1-42-31-14-16-35(17-15-31)21-28-13-12-25(11-10-24-8-9-24)20-32(28)36(35)33(41)40(22-26-4-2-6-29(37)18-26)34(39-36)43-23-27-5-3-7-30(38)19-27;1-35-24-11-13-28(14-12-24)17-22-10-9-20(8-7-19-5-6-19)16-25(22)29(28)26(34)33(27(31)32-29)18-21-3-2-4-23(30)15-21;1-26-17-8-10-21(11-9-17)13-16-7-6-15(5-4-14-2-3-14)12-18(16)22(21)19(25)23-20(27)24-22;8-5-6-2-1-3-7(9)4-6/h2-7,12-13,18-20,24,31H,8-11,14-17,21-23H2,1H3;2-4,9-10,15-16,19,24H,5-8,11-14,17-18H2,1H3,(H2,31,32);6-7,12,14,17H,2-5,8-11,13H2,1H3,(H2,23,24,25,27);1-4H,5H2. The van der Waals surface area contributed by atoms with Gasteiger partial charge in [-0.25, -0.2) is 27.5 Å². The number of rotatable bonds is 19. The van der Waals surface area contributed by atoms with E-state index in [4.69, 9.17) is 42.1 Å². The van der Waals surface area contributed by atoms with Crippen molar-refractivity contribution in [1.29, 1.82) is 0 Å². The quantitative estimate of drug-likeness (QED) is 0.0404. The van der Waals surface area contributed by atoms with Gasteiger partial charge in [-0.15, -0.1) is 0 Å². The summed E-state index contributed by atoms with van der Waals surface area (Å²) in [4.78, 5) is 56.7. The number of nitrogens with one attached hydrogen (secondary N) is 2. The average molecular weight is 1650 g/mol. The van der Waals surface area contributed by atoms with Crippen LogP contribution in [-0.4, -0.2) is 83.4 Å². The smallest absolute Gasteiger partial charge is 0.262 e. The van der Waals surface area contributed by atoms with Crippen LogP contribution in [0, 0.1) is 57.3 Å². The lowest BCUT2D eigenvalue weighted by Gasteiger charge is -2.46. The first-order valence-corrected chi connectivity index (χ1v) is 44.1. The van der Waals surface area contributed by atoms with Gasteiger partial charge in [0, 0.05) is 48.7 Å². The fourth-order valence-corrected chi connectivity index (χ4v) is 22.4. The van der Waals surface area contributed by atoms with Crippen LogP contribution in [0.3, 0.4) is 0 Å². The lowest BCUT2D eigenvalue weighted by atomic mass is 9.61. The van der Waals surface area contributed by atoms with Gasteiger partial charge in [0.1, 0.15) is 23.3 Å². The highest BCUT2D eigenvalue weighted by atomic mass is 79.9. The molecule has 3 unspecified atom stereocenters. The number of thiocarbonyl (C=S) groups is 1. The molecule has 3 aliphatic heterocycles. The van der Waals surface area contributed by atoms with E-state index in [2.05, 4.69) is 81.2 Å². The Hall–Kier alpha value is -7.59. The Morgan fingerprint density at radius 1 is 0.474 bits per heavy atom. The number of nitrogens with zero attached hydrogens (tertiary/aromatic N) is 4. The molecule has 0 aromatic heterocycles. The van der Waals surface area contributed by atoms with Crippen LogP contribution in [0.5, 0.6) is 0 Å². The summed E-state index contributed by atoms with van der Waals surface area (Å²) in [6, 6.07) is 46.2. The first-order valence-electron chi connectivity index (χ1n) is 41.6. The van der Waals surface area contributed by atoms with Crippen LogP contribution in [-0.2, 0) is 108 Å². The minimum absolute atomic E-state index is 0.0209. The van der Waals surface area contributed by atoms with E-state index >= 15 is 4.79 Å². The summed E-state index contributed by atoms with van der Waals surface area (Å²) in [6.07, 6.45) is 29.2. The Kier molecular flexibility index (Phi) is 23.5. The van der Waals surface area contributed by atoms with Gasteiger partial charge in [-0.2, -0.15) is 0 Å². The third kappa shape index (κ3) is 15.9. The summed E-state index contributed by atoms with van der Waals surface area (Å²) in [7, 11) is 5.34. The van der Waals surface area contributed by atoms with Gasteiger partial charge >= 0.3 is 0 Å². The minimum Gasteiger partial charge on any atom is -0.381 e. The van der Waals surface area contributed by atoms with E-state index in [0.29, 0.717) is 33.0 Å². The van der Waals surface area contributed by atoms with Gasteiger partial charge < -0.3 is 30.6 Å². The molecular weight excluding hydrogens is 1540 g/mol. The largest absolute Gasteiger partial charge is 0.381 e. The molecule has 114 heavy (non-hydrogen) atoms. The molecule has 0 radical (unpaired) electrons. The van der Waals surface area contributed by atoms with Crippen molar-refractivity contribution in [3.05, 3.63) is 247 Å². The van der Waals surface area contributed by atoms with Crippen LogP contribution < -0.4 is 16.4 Å². The fourth-order valence-electron chi connectivity index (χ4n) is 20.9. The molecule has 7 fully saturated rings. The third-order valence-corrected chi connectivity index (χ3v) is 29.6. The minimum atomic E-state index is -1.03. The summed E-state index contributed by atoms with van der Waals surface area (Å²) in [5.74, 6) is 2.18. The molecule has 600 valence electrons. The number of carbonyl (C=O) groups is 3. The predicted molar refractivity (Wildman–Crippen MR) is 447 cm³/mol. The van der Waals surface area contributed by atoms with Crippen LogP contribution in [0.1, 0.15) is 207 Å². The zero-order chi connectivity index (χ0) is 79.2. The summed E-state index contributed by atoms with van der Waals surface area (Å²) in [6.45, 7) is 0.460. The van der Waals surface area contributed by atoms with Crippen molar-refractivity contribution >= 4 is 73.9 Å². The molecule has 3 amide bonds. The molecule has 3 atom stereocenters. The maximum absolute atomic E-state index is 15.1. The first kappa shape index (κ1) is 80.2. The number of aryl methyl sites for hydroxylation is 3. The van der Waals surface area contributed by atoms with Crippen molar-refractivity contribution in [1.82, 2.24) is 20.4 Å². The second kappa shape index (κ2) is 33.4. The van der Waals surface area contributed by atoms with Gasteiger partial charge in [-0.1, -0.05) is 169 Å². The van der Waals surface area contributed by atoms with Gasteiger partial charge in [0.15, 0.2) is 32.9 Å².